The zero-order chi connectivity index (χ0) is 16.7. The summed E-state index contributed by atoms with van der Waals surface area (Å²) in [5.41, 5.74) is 8.77. The first-order chi connectivity index (χ1) is 11.6. The van der Waals surface area contributed by atoms with E-state index in [1.165, 1.54) is 0 Å². The van der Waals surface area contributed by atoms with Crippen molar-refractivity contribution in [1.29, 1.82) is 0 Å². The van der Waals surface area contributed by atoms with Crippen molar-refractivity contribution in [2.45, 2.75) is 4.90 Å². The number of fused-ring (bicyclic) bond motifs is 3. The lowest BCUT2D eigenvalue weighted by molar-refractivity contribution is 0.601. The molecule has 0 aliphatic rings. The van der Waals surface area contributed by atoms with Gasteiger partial charge in [-0.2, -0.15) is 0 Å². The Morgan fingerprint density at radius 2 is 1.58 bits per heavy atom. The van der Waals surface area contributed by atoms with Crippen molar-refractivity contribution >= 4 is 43.2 Å². The van der Waals surface area contributed by atoms with Crippen molar-refractivity contribution in [3.05, 3.63) is 66.7 Å². The summed E-state index contributed by atoms with van der Waals surface area (Å²) in [4.78, 5) is 3.47. The molecule has 0 saturated heterocycles. The van der Waals surface area contributed by atoms with E-state index in [1.54, 1.807) is 42.5 Å². The quantitative estimate of drug-likeness (QED) is 0.498. The Morgan fingerprint density at radius 1 is 0.875 bits per heavy atom. The van der Waals surface area contributed by atoms with Gasteiger partial charge in [0.2, 0.25) is 0 Å². The average molecular weight is 337 g/mol. The van der Waals surface area contributed by atoms with E-state index in [0.29, 0.717) is 16.9 Å². The van der Waals surface area contributed by atoms with E-state index in [-0.39, 0.29) is 4.90 Å². The number of hydrogen-bond acceptors (Lipinski definition) is 3. The first-order valence-electron chi connectivity index (χ1n) is 7.43. The monoisotopic (exact) mass is 337 g/mol. The van der Waals surface area contributed by atoms with Gasteiger partial charge in [-0.1, -0.05) is 36.4 Å². The maximum absolute atomic E-state index is 12.6. The highest BCUT2D eigenvalue weighted by atomic mass is 32.2. The molecule has 0 radical (unpaired) electrons. The van der Waals surface area contributed by atoms with Crippen molar-refractivity contribution in [2.75, 3.05) is 10.5 Å². The molecule has 3 aromatic carbocycles. The van der Waals surface area contributed by atoms with Gasteiger partial charge in [0, 0.05) is 22.0 Å². The van der Waals surface area contributed by atoms with Gasteiger partial charge in [-0.15, -0.1) is 0 Å². The second kappa shape index (κ2) is 5.28. The summed E-state index contributed by atoms with van der Waals surface area (Å²) in [6, 6.07) is 19.4. The molecule has 24 heavy (non-hydrogen) atoms. The van der Waals surface area contributed by atoms with Crippen LogP contribution in [0.2, 0.25) is 0 Å². The summed E-state index contributed by atoms with van der Waals surface area (Å²) >= 11 is 0. The number of anilines is 2. The van der Waals surface area contributed by atoms with Gasteiger partial charge in [-0.05, 0) is 30.3 Å². The maximum Gasteiger partial charge on any atom is 0.261 e. The fourth-order valence-corrected chi connectivity index (χ4v) is 3.96. The van der Waals surface area contributed by atoms with Gasteiger partial charge < -0.3 is 10.7 Å². The number of aromatic nitrogens is 1. The van der Waals surface area contributed by atoms with Crippen molar-refractivity contribution in [3.63, 3.8) is 0 Å². The van der Waals surface area contributed by atoms with Crippen LogP contribution in [0.4, 0.5) is 11.4 Å². The summed E-state index contributed by atoms with van der Waals surface area (Å²) in [7, 11) is -3.67. The first kappa shape index (κ1) is 14.6. The summed E-state index contributed by atoms with van der Waals surface area (Å²) in [6.07, 6.45) is 0. The van der Waals surface area contributed by atoms with E-state index in [4.69, 9.17) is 5.73 Å². The minimum Gasteiger partial charge on any atom is -0.398 e. The Kier molecular flexibility index (Phi) is 3.21. The lowest BCUT2D eigenvalue weighted by Crippen LogP contribution is -2.13. The molecule has 0 aliphatic heterocycles. The number of aromatic amines is 1. The average Bonchev–Trinajstić information content (AvgIpc) is 2.99. The van der Waals surface area contributed by atoms with Crippen LogP contribution in [0.1, 0.15) is 0 Å². The third-order valence-corrected chi connectivity index (χ3v) is 5.37. The predicted octanol–water partition coefficient (Wildman–Crippen LogP) is 3.70. The first-order valence-corrected chi connectivity index (χ1v) is 8.91. The topological polar surface area (TPSA) is 88.0 Å². The highest BCUT2D eigenvalue weighted by Gasteiger charge is 2.17. The van der Waals surface area contributed by atoms with Crippen molar-refractivity contribution in [3.8, 4) is 0 Å². The van der Waals surface area contributed by atoms with Crippen LogP contribution in [0, 0.1) is 0 Å². The van der Waals surface area contributed by atoms with Crippen LogP contribution >= 0.6 is 0 Å². The number of H-pyrrole nitrogens is 1. The summed E-state index contributed by atoms with van der Waals surface area (Å²) in [5.74, 6) is 0. The van der Waals surface area contributed by atoms with Crippen molar-refractivity contribution in [2.24, 2.45) is 0 Å². The van der Waals surface area contributed by atoms with Gasteiger partial charge in [0.15, 0.2) is 0 Å². The van der Waals surface area contributed by atoms with Crippen LogP contribution < -0.4 is 10.5 Å². The summed E-state index contributed by atoms with van der Waals surface area (Å²) < 4.78 is 27.8. The molecular formula is C18H15N3O2S. The summed E-state index contributed by atoms with van der Waals surface area (Å²) in [6.45, 7) is 0. The zero-order valence-corrected chi connectivity index (χ0v) is 13.5. The second-order valence-corrected chi connectivity index (χ2v) is 7.22. The normalized spacial score (nSPS) is 11.8. The molecule has 4 rings (SSSR count). The lowest BCUT2D eigenvalue weighted by atomic mass is 10.1. The van der Waals surface area contributed by atoms with Crippen LogP contribution in [0.25, 0.3) is 21.8 Å². The second-order valence-electron chi connectivity index (χ2n) is 5.54. The Bertz CT molecular complexity index is 1150. The molecule has 5 nitrogen and oxygen atoms in total. The van der Waals surface area contributed by atoms with Crippen LogP contribution in [0.5, 0.6) is 0 Å². The summed E-state index contributed by atoms with van der Waals surface area (Å²) in [5, 5.41) is 1.78. The maximum atomic E-state index is 12.6. The van der Waals surface area contributed by atoms with Gasteiger partial charge in [0.25, 0.3) is 10.0 Å². The smallest absolute Gasteiger partial charge is 0.261 e. The molecule has 0 unspecified atom stereocenters. The van der Waals surface area contributed by atoms with E-state index in [0.717, 1.165) is 16.3 Å². The predicted molar refractivity (Wildman–Crippen MR) is 97.5 cm³/mol. The molecule has 1 aromatic heterocycles. The fraction of sp³-hybridized carbons (Fsp3) is 0. The molecule has 0 saturated carbocycles. The molecule has 0 amide bonds. The molecule has 0 aliphatic carbocycles. The molecule has 0 atom stereocenters. The number of benzene rings is 3. The Morgan fingerprint density at radius 3 is 2.38 bits per heavy atom. The van der Waals surface area contributed by atoms with Gasteiger partial charge in [-0.3, -0.25) is 4.72 Å². The van der Waals surface area contributed by atoms with Crippen LogP contribution in [-0.4, -0.2) is 13.4 Å². The Balaban J connectivity index is 1.91. The van der Waals surface area contributed by atoms with Gasteiger partial charge in [0.1, 0.15) is 0 Å². The number of para-hydroxylation sites is 1. The lowest BCUT2D eigenvalue weighted by Gasteiger charge is -2.10. The molecule has 6 heteroatoms. The number of hydrogen-bond donors (Lipinski definition) is 3. The molecule has 120 valence electrons. The molecule has 0 spiro atoms. The van der Waals surface area contributed by atoms with Gasteiger partial charge in [0.05, 0.1) is 16.1 Å². The minimum absolute atomic E-state index is 0.214. The highest BCUT2D eigenvalue weighted by Crippen LogP contribution is 2.35. The van der Waals surface area contributed by atoms with Crippen molar-refractivity contribution < 1.29 is 8.42 Å². The molecular weight excluding hydrogens is 322 g/mol. The number of nitrogen functional groups attached to an aromatic ring is 1. The van der Waals surface area contributed by atoms with Crippen LogP contribution in [-0.2, 0) is 10.0 Å². The minimum atomic E-state index is -3.67. The van der Waals surface area contributed by atoms with Crippen molar-refractivity contribution in [1.82, 2.24) is 4.98 Å². The van der Waals surface area contributed by atoms with Gasteiger partial charge in [-0.25, -0.2) is 8.42 Å². The molecule has 1 heterocycles. The van der Waals surface area contributed by atoms with E-state index < -0.39 is 10.0 Å². The SMILES string of the molecule is Nc1ccc(NS(=O)(=O)c2ccccc2)c2[nH]c3ccccc3c12. The standard InChI is InChI=1S/C18H15N3O2S/c19-14-10-11-16(21-24(22,23)12-6-2-1-3-7-12)18-17(14)13-8-4-5-9-15(13)20-18/h1-11,20-21H,19H2. The number of nitrogens with one attached hydrogen (secondary N) is 2. The van der Waals surface area contributed by atoms with Gasteiger partial charge >= 0.3 is 0 Å². The molecule has 0 bridgehead atoms. The van der Waals surface area contributed by atoms with E-state index >= 15 is 0 Å². The number of sulfonamides is 1. The Labute approximate surface area is 139 Å². The molecule has 4 aromatic rings. The van der Waals surface area contributed by atoms with E-state index in [2.05, 4.69) is 9.71 Å². The van der Waals surface area contributed by atoms with E-state index in [9.17, 15) is 8.42 Å². The molecule has 4 N–H and O–H groups in total. The number of nitrogens with two attached hydrogens (primary N) is 1. The fourth-order valence-electron chi connectivity index (χ4n) is 2.87. The van der Waals surface area contributed by atoms with Crippen LogP contribution in [0.15, 0.2) is 71.6 Å². The zero-order valence-electron chi connectivity index (χ0n) is 12.7. The van der Waals surface area contributed by atoms with E-state index in [1.807, 2.05) is 24.3 Å². The highest BCUT2D eigenvalue weighted by molar-refractivity contribution is 7.92. The van der Waals surface area contributed by atoms with Crippen LogP contribution in [0.3, 0.4) is 0 Å². The number of rotatable bonds is 3. The third-order valence-electron chi connectivity index (χ3n) is 3.99. The largest absolute Gasteiger partial charge is 0.398 e. The third kappa shape index (κ3) is 2.28. The molecule has 0 fully saturated rings. The Hall–Kier alpha value is -2.99.